The van der Waals surface area contributed by atoms with Gasteiger partial charge in [-0.1, -0.05) is 12.1 Å². The van der Waals surface area contributed by atoms with Crippen molar-refractivity contribution in [1.29, 1.82) is 0 Å². The number of halogens is 3. The Morgan fingerprint density at radius 1 is 1.24 bits per heavy atom. The van der Waals surface area contributed by atoms with Gasteiger partial charge in [0, 0.05) is 18.4 Å². The summed E-state index contributed by atoms with van der Waals surface area (Å²) in [5.41, 5.74) is 0.0716. The Kier molecular flexibility index (Phi) is 4.51. The largest absolute Gasteiger partial charge is 0.480 e. The van der Waals surface area contributed by atoms with Gasteiger partial charge in [-0.3, -0.25) is 4.68 Å². The summed E-state index contributed by atoms with van der Waals surface area (Å²) in [6.07, 6.45) is -2.39. The number of hydrogen-bond donors (Lipinski definition) is 0. The highest BCUT2D eigenvalue weighted by Crippen LogP contribution is 2.36. The van der Waals surface area contributed by atoms with E-state index in [4.69, 9.17) is 4.74 Å². The molecular formula is C14H15F3N2OS. The van der Waals surface area contributed by atoms with Gasteiger partial charge < -0.3 is 4.74 Å². The topological polar surface area (TPSA) is 27.1 Å². The van der Waals surface area contributed by atoms with Gasteiger partial charge in [-0.25, -0.2) is 0 Å². The van der Waals surface area contributed by atoms with Crippen LogP contribution < -0.4 is 4.74 Å². The van der Waals surface area contributed by atoms with Crippen LogP contribution in [0.1, 0.15) is 16.8 Å². The van der Waals surface area contributed by atoms with Crippen LogP contribution in [0.2, 0.25) is 0 Å². The number of ether oxygens (including phenoxy) is 1. The van der Waals surface area contributed by atoms with Crippen LogP contribution in [-0.4, -0.2) is 23.1 Å². The molecule has 2 rings (SSSR count). The average molecular weight is 316 g/mol. The molecule has 0 aliphatic heterocycles. The van der Waals surface area contributed by atoms with Crippen LogP contribution in [0.3, 0.4) is 0 Å². The summed E-state index contributed by atoms with van der Waals surface area (Å²) in [5, 5.41) is 3.80. The lowest BCUT2D eigenvalue weighted by molar-refractivity contribution is -0.144. The third-order valence-electron chi connectivity index (χ3n) is 3.11. The molecule has 1 aromatic heterocycles. The molecule has 0 radical (unpaired) electrons. The van der Waals surface area contributed by atoms with Gasteiger partial charge in [0.15, 0.2) is 0 Å². The SMILES string of the molecule is COc1nn(C)c(C(F)(F)F)c1Cc1ccc(SC)cc1. The molecule has 2 aromatic rings. The minimum absolute atomic E-state index is 0.0127. The molecule has 1 heterocycles. The molecule has 0 saturated carbocycles. The van der Waals surface area contributed by atoms with E-state index in [1.807, 2.05) is 30.5 Å². The predicted octanol–water partition coefficient (Wildman–Crippen LogP) is 3.76. The van der Waals surface area contributed by atoms with E-state index in [1.165, 1.54) is 14.2 Å². The van der Waals surface area contributed by atoms with E-state index < -0.39 is 11.9 Å². The summed E-state index contributed by atoms with van der Waals surface area (Å²) in [4.78, 5) is 1.06. The van der Waals surface area contributed by atoms with E-state index in [1.54, 1.807) is 11.8 Å². The number of aromatic nitrogens is 2. The standard InChI is InChI=1S/C14H15F3N2OS/c1-19-12(14(15,16)17)11(13(18-19)20-2)8-9-4-6-10(21-3)7-5-9/h4-7H,8H2,1-3H3. The van der Waals surface area contributed by atoms with Crippen molar-refractivity contribution in [2.24, 2.45) is 7.05 Å². The highest BCUT2D eigenvalue weighted by atomic mass is 32.2. The first-order valence-electron chi connectivity index (χ1n) is 6.16. The summed E-state index contributed by atoms with van der Waals surface area (Å²) in [6, 6.07) is 7.41. The van der Waals surface area contributed by atoms with Gasteiger partial charge in [-0.05, 0) is 24.0 Å². The number of aryl methyl sites for hydroxylation is 1. The van der Waals surface area contributed by atoms with Crippen molar-refractivity contribution in [2.75, 3.05) is 13.4 Å². The molecule has 0 unspecified atom stereocenters. The van der Waals surface area contributed by atoms with Crippen molar-refractivity contribution in [3.8, 4) is 5.88 Å². The molecule has 0 spiro atoms. The Labute approximate surface area is 125 Å². The highest BCUT2D eigenvalue weighted by Gasteiger charge is 2.39. The Morgan fingerprint density at radius 2 is 1.86 bits per heavy atom. The fourth-order valence-corrected chi connectivity index (χ4v) is 2.58. The molecule has 0 atom stereocenters. The Hall–Kier alpha value is -1.63. The van der Waals surface area contributed by atoms with E-state index in [2.05, 4.69) is 5.10 Å². The lowest BCUT2D eigenvalue weighted by Gasteiger charge is -2.10. The summed E-state index contributed by atoms with van der Waals surface area (Å²) in [5.74, 6) is 0.0127. The fourth-order valence-electron chi connectivity index (χ4n) is 2.17. The first-order chi connectivity index (χ1) is 9.86. The van der Waals surface area contributed by atoms with Crippen molar-refractivity contribution in [3.05, 3.63) is 41.1 Å². The van der Waals surface area contributed by atoms with Crippen molar-refractivity contribution < 1.29 is 17.9 Å². The van der Waals surface area contributed by atoms with E-state index in [0.717, 1.165) is 15.1 Å². The second-order valence-corrected chi connectivity index (χ2v) is 5.36. The lowest BCUT2D eigenvalue weighted by atomic mass is 10.0. The molecular weight excluding hydrogens is 301 g/mol. The van der Waals surface area contributed by atoms with E-state index in [9.17, 15) is 13.2 Å². The minimum Gasteiger partial charge on any atom is -0.480 e. The van der Waals surface area contributed by atoms with Crippen LogP contribution in [0.15, 0.2) is 29.2 Å². The van der Waals surface area contributed by atoms with Gasteiger partial charge in [0.05, 0.1) is 12.7 Å². The molecule has 3 nitrogen and oxygen atoms in total. The summed E-state index contributed by atoms with van der Waals surface area (Å²) >= 11 is 1.58. The van der Waals surface area contributed by atoms with Gasteiger partial charge in [0.2, 0.25) is 5.88 Å². The van der Waals surface area contributed by atoms with Crippen molar-refractivity contribution in [1.82, 2.24) is 9.78 Å². The fraction of sp³-hybridized carbons (Fsp3) is 0.357. The normalized spacial score (nSPS) is 11.7. The smallest absolute Gasteiger partial charge is 0.433 e. The van der Waals surface area contributed by atoms with Crippen LogP contribution in [0.4, 0.5) is 13.2 Å². The Bertz CT molecular complexity index is 620. The molecule has 1 aromatic carbocycles. The second kappa shape index (κ2) is 6.01. The molecule has 0 bridgehead atoms. The van der Waals surface area contributed by atoms with Crippen LogP contribution in [0, 0.1) is 0 Å². The van der Waals surface area contributed by atoms with Crippen LogP contribution in [-0.2, 0) is 19.6 Å². The molecule has 21 heavy (non-hydrogen) atoms. The maximum atomic E-state index is 13.2. The van der Waals surface area contributed by atoms with Gasteiger partial charge in [-0.2, -0.15) is 13.2 Å². The third-order valence-corrected chi connectivity index (χ3v) is 3.85. The number of methoxy groups -OCH3 is 1. The lowest BCUT2D eigenvalue weighted by Crippen LogP contribution is -2.14. The maximum Gasteiger partial charge on any atom is 0.433 e. The van der Waals surface area contributed by atoms with Gasteiger partial charge in [0.25, 0.3) is 0 Å². The molecule has 114 valence electrons. The zero-order chi connectivity index (χ0) is 15.6. The van der Waals surface area contributed by atoms with Crippen molar-refractivity contribution in [2.45, 2.75) is 17.5 Å². The molecule has 0 amide bonds. The number of alkyl halides is 3. The summed E-state index contributed by atoms with van der Waals surface area (Å²) in [7, 11) is 2.59. The van der Waals surface area contributed by atoms with Gasteiger partial charge >= 0.3 is 6.18 Å². The molecule has 0 aliphatic carbocycles. The average Bonchev–Trinajstić information content (AvgIpc) is 2.75. The number of rotatable bonds is 4. The van der Waals surface area contributed by atoms with E-state index in [0.29, 0.717) is 0 Å². The van der Waals surface area contributed by atoms with Crippen LogP contribution in [0.25, 0.3) is 0 Å². The molecule has 0 saturated heterocycles. The number of thioether (sulfide) groups is 1. The van der Waals surface area contributed by atoms with Gasteiger partial charge in [-0.15, -0.1) is 16.9 Å². The maximum absolute atomic E-state index is 13.2. The van der Waals surface area contributed by atoms with E-state index >= 15 is 0 Å². The highest BCUT2D eigenvalue weighted by molar-refractivity contribution is 7.98. The van der Waals surface area contributed by atoms with Crippen molar-refractivity contribution in [3.63, 3.8) is 0 Å². The Balaban J connectivity index is 2.42. The van der Waals surface area contributed by atoms with Gasteiger partial charge in [0.1, 0.15) is 5.69 Å². The Morgan fingerprint density at radius 3 is 2.33 bits per heavy atom. The number of benzene rings is 1. The third kappa shape index (κ3) is 3.34. The van der Waals surface area contributed by atoms with Crippen molar-refractivity contribution >= 4 is 11.8 Å². The quantitative estimate of drug-likeness (QED) is 0.804. The first-order valence-corrected chi connectivity index (χ1v) is 7.39. The molecule has 0 N–H and O–H groups in total. The second-order valence-electron chi connectivity index (χ2n) is 4.48. The summed E-state index contributed by atoms with van der Waals surface area (Å²) < 4.78 is 45.3. The summed E-state index contributed by atoms with van der Waals surface area (Å²) in [6.45, 7) is 0. The molecule has 0 aliphatic rings. The predicted molar refractivity (Wildman–Crippen MR) is 75.8 cm³/mol. The van der Waals surface area contributed by atoms with Crippen LogP contribution in [0.5, 0.6) is 5.88 Å². The van der Waals surface area contributed by atoms with E-state index in [-0.39, 0.29) is 17.9 Å². The molecule has 7 heteroatoms. The monoisotopic (exact) mass is 316 g/mol. The molecule has 0 fully saturated rings. The number of hydrogen-bond acceptors (Lipinski definition) is 3. The first kappa shape index (κ1) is 15.8. The van der Waals surface area contributed by atoms with Crippen LogP contribution >= 0.6 is 11.8 Å². The number of nitrogens with zero attached hydrogens (tertiary/aromatic N) is 2. The zero-order valence-corrected chi connectivity index (χ0v) is 12.7. The zero-order valence-electron chi connectivity index (χ0n) is 11.9. The minimum atomic E-state index is -4.47.